The van der Waals surface area contributed by atoms with E-state index in [0.29, 0.717) is 22.4 Å². The van der Waals surface area contributed by atoms with Crippen molar-refractivity contribution in [3.05, 3.63) is 45.9 Å². The molecule has 4 aromatic rings. The highest BCUT2D eigenvalue weighted by Crippen LogP contribution is 2.32. The Kier molecular flexibility index (Phi) is 6.39. The highest BCUT2D eigenvalue weighted by atomic mass is 35.5. The molecule has 3 N–H and O–H groups in total. The second kappa shape index (κ2) is 9.24. The fourth-order valence-corrected chi connectivity index (χ4v) is 4.54. The number of halogens is 1. The number of anilines is 2. The number of fused-ring (bicyclic) bond motifs is 1. The summed E-state index contributed by atoms with van der Waals surface area (Å²) in [6.07, 6.45) is 0. The topological polar surface area (TPSA) is 106 Å². The molecule has 0 aliphatic heterocycles. The Morgan fingerprint density at radius 1 is 1.21 bits per heavy atom. The number of benzene rings is 1. The Morgan fingerprint density at radius 3 is 2.70 bits per heavy atom. The molecule has 3 aromatic heterocycles. The van der Waals surface area contributed by atoms with Gasteiger partial charge in [0.05, 0.1) is 17.8 Å². The van der Waals surface area contributed by atoms with Crippen LogP contribution >= 0.6 is 22.9 Å². The summed E-state index contributed by atoms with van der Waals surface area (Å²) >= 11 is 7.60. The monoisotopic (exact) mass is 485 g/mol. The van der Waals surface area contributed by atoms with Gasteiger partial charge in [0.25, 0.3) is 0 Å². The van der Waals surface area contributed by atoms with Gasteiger partial charge in [-0.25, -0.2) is 20.2 Å². The molecule has 11 heteroatoms. The van der Waals surface area contributed by atoms with E-state index < -0.39 is 6.03 Å². The Hall–Kier alpha value is -3.37. The van der Waals surface area contributed by atoms with Crippen LogP contribution in [0.2, 0.25) is 5.02 Å². The van der Waals surface area contributed by atoms with Gasteiger partial charge in [-0.1, -0.05) is 25.4 Å². The van der Waals surface area contributed by atoms with Crippen LogP contribution in [0.15, 0.2) is 29.6 Å². The van der Waals surface area contributed by atoms with Gasteiger partial charge in [-0.15, -0.1) is 11.3 Å². The summed E-state index contributed by atoms with van der Waals surface area (Å²) in [6, 6.07) is 6.88. The zero-order valence-electron chi connectivity index (χ0n) is 18.9. The van der Waals surface area contributed by atoms with Crippen LogP contribution in [0, 0.1) is 6.92 Å². The molecule has 0 radical (unpaired) electrons. The van der Waals surface area contributed by atoms with E-state index in [1.54, 1.807) is 29.3 Å². The Bertz CT molecular complexity index is 1330. The number of ether oxygens (including phenoxy) is 1. The molecule has 9 nitrogen and oxygen atoms in total. The van der Waals surface area contributed by atoms with Crippen LogP contribution in [0.3, 0.4) is 0 Å². The van der Waals surface area contributed by atoms with Crippen LogP contribution in [0.4, 0.5) is 16.4 Å². The molecule has 0 spiro atoms. The fourth-order valence-electron chi connectivity index (χ4n) is 3.53. The van der Waals surface area contributed by atoms with Crippen molar-refractivity contribution in [2.45, 2.75) is 26.7 Å². The molecule has 0 unspecified atom stereocenters. The number of aryl methyl sites for hydroxylation is 2. The van der Waals surface area contributed by atoms with Crippen molar-refractivity contribution < 1.29 is 9.53 Å². The lowest BCUT2D eigenvalue weighted by Crippen LogP contribution is -2.34. The first-order valence-electron chi connectivity index (χ1n) is 10.2. The summed E-state index contributed by atoms with van der Waals surface area (Å²) in [6.45, 7) is 6.19. The van der Waals surface area contributed by atoms with Gasteiger partial charge in [0.1, 0.15) is 22.4 Å². The van der Waals surface area contributed by atoms with Crippen molar-refractivity contribution in [3.8, 4) is 16.3 Å². The molecule has 3 heterocycles. The molecule has 1 aromatic carbocycles. The van der Waals surface area contributed by atoms with Gasteiger partial charge in [0.15, 0.2) is 5.65 Å². The number of carbonyl (C=O) groups is 1. The van der Waals surface area contributed by atoms with Gasteiger partial charge in [-0.05, 0) is 42.7 Å². The first-order chi connectivity index (χ1) is 15.8. The number of pyridine rings is 1. The minimum Gasteiger partial charge on any atom is -0.495 e. The maximum atomic E-state index is 12.4. The molecule has 0 aliphatic carbocycles. The minimum atomic E-state index is -0.464. The van der Waals surface area contributed by atoms with Crippen LogP contribution in [0.25, 0.3) is 21.6 Å². The van der Waals surface area contributed by atoms with Gasteiger partial charge in [-0.2, -0.15) is 5.10 Å². The number of hydrazine groups is 1. The van der Waals surface area contributed by atoms with E-state index in [1.807, 2.05) is 26.1 Å². The van der Waals surface area contributed by atoms with Crippen LogP contribution in [0.5, 0.6) is 5.75 Å². The highest BCUT2D eigenvalue weighted by Gasteiger charge is 2.16. The maximum absolute atomic E-state index is 12.4. The van der Waals surface area contributed by atoms with Crippen LogP contribution in [0.1, 0.15) is 31.0 Å². The third-order valence-corrected chi connectivity index (χ3v) is 6.26. The van der Waals surface area contributed by atoms with E-state index in [1.165, 1.54) is 11.3 Å². The summed E-state index contributed by atoms with van der Waals surface area (Å²) in [7, 11) is 3.42. The van der Waals surface area contributed by atoms with E-state index in [0.717, 1.165) is 32.9 Å². The average molecular weight is 486 g/mol. The molecule has 0 saturated heterocycles. The molecular weight excluding hydrogens is 462 g/mol. The lowest BCUT2D eigenvalue weighted by atomic mass is 10.00. The number of nitrogens with one attached hydrogen (secondary N) is 3. The molecule has 2 amide bonds. The lowest BCUT2D eigenvalue weighted by Gasteiger charge is -2.13. The maximum Gasteiger partial charge on any atom is 0.339 e. The minimum absolute atomic E-state index is 0.271. The zero-order valence-corrected chi connectivity index (χ0v) is 20.4. The van der Waals surface area contributed by atoms with Gasteiger partial charge in [0, 0.05) is 23.4 Å². The predicted molar refractivity (Wildman–Crippen MR) is 132 cm³/mol. The van der Waals surface area contributed by atoms with Crippen LogP contribution in [-0.2, 0) is 7.05 Å². The molecule has 33 heavy (non-hydrogen) atoms. The van der Waals surface area contributed by atoms with Crippen LogP contribution < -0.4 is 20.9 Å². The smallest absolute Gasteiger partial charge is 0.339 e. The van der Waals surface area contributed by atoms with Crippen LogP contribution in [-0.4, -0.2) is 32.9 Å². The van der Waals surface area contributed by atoms with Crippen molar-refractivity contribution in [1.29, 1.82) is 0 Å². The molecule has 0 aliphatic rings. The largest absolute Gasteiger partial charge is 0.495 e. The normalized spacial score (nSPS) is 11.1. The Balaban J connectivity index is 1.45. The van der Waals surface area contributed by atoms with Gasteiger partial charge in [0.2, 0.25) is 0 Å². The average Bonchev–Trinajstić information content (AvgIpc) is 3.35. The molecule has 0 bridgehead atoms. The molecule has 172 valence electrons. The second-order valence-electron chi connectivity index (χ2n) is 7.75. The zero-order chi connectivity index (χ0) is 23.7. The number of methoxy groups -OCH3 is 1. The highest BCUT2D eigenvalue weighted by molar-refractivity contribution is 7.13. The predicted octanol–water partition coefficient (Wildman–Crippen LogP) is 5.33. The van der Waals surface area contributed by atoms with Crippen molar-refractivity contribution in [3.63, 3.8) is 0 Å². The molecule has 0 atom stereocenters. The summed E-state index contributed by atoms with van der Waals surface area (Å²) in [4.78, 5) is 21.5. The van der Waals surface area contributed by atoms with Crippen molar-refractivity contribution in [2.24, 2.45) is 7.05 Å². The summed E-state index contributed by atoms with van der Waals surface area (Å²) in [5.41, 5.74) is 9.12. The summed E-state index contributed by atoms with van der Waals surface area (Å²) < 4.78 is 6.92. The lowest BCUT2D eigenvalue weighted by molar-refractivity contribution is 0.253. The standard InChI is InChI=1S/C22H24ClN7O2S/c1-11(2)14-9-17(24-20-19(14)12(3)29-30(20)4)27-28-22(31)26-18-10-33-21(25-18)13-6-7-16(32-5)15(23)8-13/h6-11H,1-5H3,(H,24,27)(H2,26,28,31). The molecule has 0 fully saturated rings. The van der Waals surface area contributed by atoms with Gasteiger partial charge in [-0.3, -0.25) is 15.4 Å². The SMILES string of the molecule is COc1ccc(-c2nc(NC(=O)NNc3cc(C(C)C)c4c(C)nn(C)c4n3)cs2)cc1Cl. The summed E-state index contributed by atoms with van der Waals surface area (Å²) in [5, 5.41) is 11.2. The molecule has 0 saturated carbocycles. The summed E-state index contributed by atoms with van der Waals surface area (Å²) in [5.74, 6) is 1.81. The number of rotatable bonds is 6. The van der Waals surface area contributed by atoms with E-state index in [-0.39, 0.29) is 5.92 Å². The van der Waals surface area contributed by atoms with Gasteiger partial charge < -0.3 is 4.74 Å². The third kappa shape index (κ3) is 4.71. The van der Waals surface area contributed by atoms with Crippen molar-refractivity contribution in [1.82, 2.24) is 25.2 Å². The Morgan fingerprint density at radius 2 is 2.00 bits per heavy atom. The number of hydrogen-bond acceptors (Lipinski definition) is 7. The number of thiazole rings is 1. The van der Waals surface area contributed by atoms with Gasteiger partial charge >= 0.3 is 6.03 Å². The van der Waals surface area contributed by atoms with E-state index in [9.17, 15) is 4.79 Å². The van der Waals surface area contributed by atoms with E-state index >= 15 is 0 Å². The van der Waals surface area contributed by atoms with Crippen molar-refractivity contribution >= 4 is 51.6 Å². The Labute approximate surface area is 200 Å². The number of carbonyl (C=O) groups excluding carboxylic acids is 1. The first-order valence-corrected chi connectivity index (χ1v) is 11.5. The van der Waals surface area contributed by atoms with E-state index in [4.69, 9.17) is 16.3 Å². The molecule has 4 rings (SSSR count). The number of hydrogen-bond donors (Lipinski definition) is 3. The van der Waals surface area contributed by atoms with Crippen molar-refractivity contribution in [2.75, 3.05) is 17.9 Å². The number of urea groups is 1. The first kappa shape index (κ1) is 22.8. The fraction of sp³-hybridized carbons (Fsp3) is 0.273. The number of aromatic nitrogens is 4. The quantitative estimate of drug-likeness (QED) is 0.318. The van der Waals surface area contributed by atoms with E-state index in [2.05, 4.69) is 45.1 Å². The third-order valence-electron chi connectivity index (χ3n) is 5.07. The number of amides is 2. The second-order valence-corrected chi connectivity index (χ2v) is 9.02. The molecular formula is C22H24ClN7O2S. The number of nitrogens with zero attached hydrogens (tertiary/aromatic N) is 4.